The van der Waals surface area contributed by atoms with Crippen molar-refractivity contribution in [3.8, 4) is 5.75 Å². The van der Waals surface area contributed by atoms with E-state index in [1.165, 1.54) is 0 Å². The van der Waals surface area contributed by atoms with Crippen molar-refractivity contribution in [3.63, 3.8) is 0 Å². The van der Waals surface area contributed by atoms with Gasteiger partial charge in [0.15, 0.2) is 0 Å². The summed E-state index contributed by atoms with van der Waals surface area (Å²) in [7, 11) is 1.72. The van der Waals surface area contributed by atoms with E-state index >= 15 is 0 Å². The number of ether oxygens (including phenoxy) is 1. The first-order valence-electron chi connectivity index (χ1n) is 10.1. The van der Waals surface area contributed by atoms with Gasteiger partial charge in [-0.25, -0.2) is 4.98 Å². The zero-order valence-electron chi connectivity index (χ0n) is 17.1. The first kappa shape index (κ1) is 19.3. The number of hydrogen-bond donors (Lipinski definition) is 0. The van der Waals surface area contributed by atoms with Gasteiger partial charge in [-0.1, -0.05) is 12.1 Å². The molecule has 8 heteroatoms. The quantitative estimate of drug-likeness (QED) is 0.776. The molecular weight excluding hydrogens is 368 g/mol. The molecule has 0 atom stereocenters. The Bertz CT molecular complexity index is 845. The SMILES string of the molecule is COc1ccccc1N1CCN(c2ccnc(N3CCN(C(C)=O)CC3)n2)CC1. The number of para-hydroxylation sites is 2. The van der Waals surface area contributed by atoms with E-state index in [0.29, 0.717) is 0 Å². The minimum atomic E-state index is 0.132. The van der Waals surface area contributed by atoms with Crippen LogP contribution >= 0.6 is 0 Å². The van der Waals surface area contributed by atoms with Crippen molar-refractivity contribution in [3.05, 3.63) is 36.5 Å². The maximum absolute atomic E-state index is 11.5. The predicted octanol–water partition coefficient (Wildman–Crippen LogP) is 1.48. The second-order valence-corrected chi connectivity index (χ2v) is 7.35. The second-order valence-electron chi connectivity index (χ2n) is 7.35. The van der Waals surface area contributed by atoms with Crippen molar-refractivity contribution in [1.29, 1.82) is 0 Å². The smallest absolute Gasteiger partial charge is 0.227 e. The van der Waals surface area contributed by atoms with Gasteiger partial charge in [-0.3, -0.25) is 4.79 Å². The van der Waals surface area contributed by atoms with E-state index in [1.807, 2.05) is 35.4 Å². The Kier molecular flexibility index (Phi) is 5.69. The monoisotopic (exact) mass is 396 g/mol. The van der Waals surface area contributed by atoms with Gasteiger partial charge in [0.25, 0.3) is 0 Å². The highest BCUT2D eigenvalue weighted by Gasteiger charge is 2.23. The third kappa shape index (κ3) is 4.21. The van der Waals surface area contributed by atoms with Crippen molar-refractivity contribution in [2.45, 2.75) is 6.92 Å². The lowest BCUT2D eigenvalue weighted by Crippen LogP contribution is -2.49. The Hall–Kier alpha value is -3.03. The maximum atomic E-state index is 11.5. The van der Waals surface area contributed by atoms with Crippen molar-refractivity contribution in [2.24, 2.45) is 0 Å². The normalized spacial score (nSPS) is 17.4. The molecule has 1 aromatic carbocycles. The molecular formula is C21H28N6O2. The van der Waals surface area contributed by atoms with E-state index in [4.69, 9.17) is 9.72 Å². The highest BCUT2D eigenvalue weighted by Crippen LogP contribution is 2.29. The lowest BCUT2D eigenvalue weighted by atomic mass is 10.2. The van der Waals surface area contributed by atoms with E-state index in [-0.39, 0.29) is 5.91 Å². The molecule has 0 radical (unpaired) electrons. The molecule has 4 rings (SSSR count). The summed E-state index contributed by atoms with van der Waals surface area (Å²) in [6, 6.07) is 10.1. The number of carbonyl (C=O) groups excluding carboxylic acids is 1. The summed E-state index contributed by atoms with van der Waals surface area (Å²) in [6.45, 7) is 8.22. The van der Waals surface area contributed by atoms with Crippen molar-refractivity contribution in [2.75, 3.05) is 74.2 Å². The lowest BCUT2D eigenvalue weighted by Gasteiger charge is -2.38. The molecule has 2 aliphatic heterocycles. The minimum absolute atomic E-state index is 0.132. The third-order valence-corrected chi connectivity index (χ3v) is 5.67. The van der Waals surface area contributed by atoms with Crippen LogP contribution < -0.4 is 19.4 Å². The van der Waals surface area contributed by atoms with Crippen LogP contribution in [0.15, 0.2) is 36.5 Å². The van der Waals surface area contributed by atoms with Gasteiger partial charge < -0.3 is 24.3 Å². The molecule has 8 nitrogen and oxygen atoms in total. The molecule has 0 aliphatic carbocycles. The molecule has 2 saturated heterocycles. The first-order chi connectivity index (χ1) is 14.2. The molecule has 0 unspecified atom stereocenters. The van der Waals surface area contributed by atoms with Gasteiger partial charge in [0.1, 0.15) is 11.6 Å². The van der Waals surface area contributed by atoms with E-state index in [2.05, 4.69) is 25.8 Å². The average Bonchev–Trinajstić information content (AvgIpc) is 2.79. The molecule has 0 saturated carbocycles. The van der Waals surface area contributed by atoms with Crippen LogP contribution in [0.25, 0.3) is 0 Å². The average molecular weight is 396 g/mol. The molecule has 0 spiro atoms. The van der Waals surface area contributed by atoms with E-state index in [1.54, 1.807) is 14.0 Å². The molecule has 2 aliphatic rings. The number of methoxy groups -OCH3 is 1. The Morgan fingerprint density at radius 1 is 0.897 bits per heavy atom. The van der Waals surface area contributed by atoms with E-state index < -0.39 is 0 Å². The Balaban J connectivity index is 1.39. The van der Waals surface area contributed by atoms with Crippen molar-refractivity contribution < 1.29 is 9.53 Å². The number of anilines is 3. The fourth-order valence-corrected chi connectivity index (χ4v) is 3.96. The van der Waals surface area contributed by atoms with Crippen molar-refractivity contribution >= 4 is 23.4 Å². The van der Waals surface area contributed by atoms with Crippen LogP contribution in [0.3, 0.4) is 0 Å². The van der Waals surface area contributed by atoms with Crippen LogP contribution in [0.2, 0.25) is 0 Å². The zero-order valence-corrected chi connectivity index (χ0v) is 17.1. The van der Waals surface area contributed by atoms with Crippen LogP contribution in [-0.4, -0.2) is 80.2 Å². The van der Waals surface area contributed by atoms with Gasteiger partial charge in [-0.15, -0.1) is 0 Å². The van der Waals surface area contributed by atoms with Crippen LogP contribution in [0, 0.1) is 0 Å². The summed E-state index contributed by atoms with van der Waals surface area (Å²) in [5.41, 5.74) is 1.14. The van der Waals surface area contributed by atoms with Crippen LogP contribution in [-0.2, 0) is 4.79 Å². The third-order valence-electron chi connectivity index (χ3n) is 5.67. The summed E-state index contributed by atoms with van der Waals surface area (Å²) in [5, 5.41) is 0. The maximum Gasteiger partial charge on any atom is 0.227 e. The number of piperazine rings is 2. The molecule has 2 fully saturated rings. The zero-order chi connectivity index (χ0) is 20.2. The number of benzene rings is 1. The molecule has 1 amide bonds. The standard InChI is InChI=1S/C21H28N6O2/c1-17(28)24-9-15-27(16-10-24)21-22-8-7-20(23-21)26-13-11-25(12-14-26)18-5-3-4-6-19(18)29-2/h3-8H,9-16H2,1-2H3. The van der Waals surface area contributed by atoms with Gasteiger partial charge in [0.05, 0.1) is 12.8 Å². The fourth-order valence-electron chi connectivity index (χ4n) is 3.96. The predicted molar refractivity (Wildman–Crippen MR) is 114 cm³/mol. The van der Waals surface area contributed by atoms with Gasteiger partial charge in [0.2, 0.25) is 11.9 Å². The van der Waals surface area contributed by atoms with Gasteiger partial charge in [0, 0.05) is 65.5 Å². The Morgan fingerprint density at radius 3 is 2.24 bits per heavy atom. The molecule has 154 valence electrons. The lowest BCUT2D eigenvalue weighted by molar-refractivity contribution is -0.129. The molecule has 0 bridgehead atoms. The van der Waals surface area contributed by atoms with Gasteiger partial charge in [-0.05, 0) is 18.2 Å². The summed E-state index contributed by atoms with van der Waals surface area (Å²) in [4.78, 5) is 29.5. The van der Waals surface area contributed by atoms with Gasteiger partial charge >= 0.3 is 0 Å². The highest BCUT2D eigenvalue weighted by atomic mass is 16.5. The van der Waals surface area contributed by atoms with E-state index in [0.717, 1.165) is 75.6 Å². The molecule has 0 N–H and O–H groups in total. The molecule has 3 heterocycles. The largest absolute Gasteiger partial charge is 0.495 e. The molecule has 29 heavy (non-hydrogen) atoms. The summed E-state index contributed by atoms with van der Waals surface area (Å²) in [6.07, 6.45) is 1.83. The van der Waals surface area contributed by atoms with Crippen LogP contribution in [0.1, 0.15) is 6.92 Å². The van der Waals surface area contributed by atoms with Crippen molar-refractivity contribution in [1.82, 2.24) is 14.9 Å². The molecule has 1 aromatic heterocycles. The molecule has 2 aromatic rings. The Labute approximate surface area is 171 Å². The minimum Gasteiger partial charge on any atom is -0.495 e. The second kappa shape index (κ2) is 8.55. The van der Waals surface area contributed by atoms with Gasteiger partial charge in [-0.2, -0.15) is 4.98 Å². The van der Waals surface area contributed by atoms with Crippen LogP contribution in [0.4, 0.5) is 17.5 Å². The van der Waals surface area contributed by atoms with E-state index in [9.17, 15) is 4.79 Å². The number of aromatic nitrogens is 2. The topological polar surface area (TPSA) is 65.0 Å². The number of hydrogen-bond acceptors (Lipinski definition) is 7. The number of carbonyl (C=O) groups is 1. The van der Waals surface area contributed by atoms with Crippen LogP contribution in [0.5, 0.6) is 5.75 Å². The fraction of sp³-hybridized carbons (Fsp3) is 0.476. The Morgan fingerprint density at radius 2 is 1.55 bits per heavy atom. The first-order valence-corrected chi connectivity index (χ1v) is 10.1. The number of rotatable bonds is 4. The highest BCUT2D eigenvalue weighted by molar-refractivity contribution is 5.73. The summed E-state index contributed by atoms with van der Waals surface area (Å²) < 4.78 is 5.51. The summed E-state index contributed by atoms with van der Waals surface area (Å²) in [5.74, 6) is 2.75. The number of amides is 1. The summed E-state index contributed by atoms with van der Waals surface area (Å²) >= 11 is 0. The number of nitrogens with zero attached hydrogens (tertiary/aromatic N) is 6.